The van der Waals surface area contributed by atoms with Crippen molar-refractivity contribution in [3.8, 4) is 17.1 Å². The predicted octanol–water partition coefficient (Wildman–Crippen LogP) is 5.62. The van der Waals surface area contributed by atoms with Crippen LogP contribution in [0.4, 0.5) is 17.6 Å². The molecule has 0 aliphatic carbocycles. The zero-order valence-corrected chi connectivity index (χ0v) is 16.2. The Morgan fingerprint density at radius 2 is 1.97 bits per heavy atom. The van der Waals surface area contributed by atoms with Gasteiger partial charge >= 0.3 is 6.36 Å². The third-order valence-electron chi connectivity index (χ3n) is 4.55. The SMILES string of the molecule is Fc1c(Cn2cnc(-c3cc(C4=CCCCN=N4)ccn3)c2)cccc1OC(F)(F)F. The Hall–Kier alpha value is -3.56. The Balaban J connectivity index is 1.55. The molecule has 10 heteroatoms. The maximum absolute atomic E-state index is 14.4. The van der Waals surface area contributed by atoms with Crippen molar-refractivity contribution in [1.82, 2.24) is 14.5 Å². The lowest BCUT2D eigenvalue weighted by Gasteiger charge is -2.12. The molecule has 0 spiro atoms. The number of nitrogens with zero attached hydrogens (tertiary/aromatic N) is 5. The standard InChI is InChI=1S/C21H17F4N5O/c22-20-15(4-3-6-19(20)31-21(23,24)25)11-30-12-18(27-13-30)17-10-14(7-9-26-17)16-5-1-2-8-28-29-16/h3-7,9-10,12-13H,1-2,8,11H2. The topological polar surface area (TPSA) is 64.7 Å². The first-order chi connectivity index (χ1) is 14.9. The lowest BCUT2D eigenvalue weighted by Crippen LogP contribution is -2.18. The lowest BCUT2D eigenvalue weighted by atomic mass is 10.1. The van der Waals surface area contributed by atoms with E-state index in [4.69, 9.17) is 0 Å². The third kappa shape index (κ3) is 5.14. The monoisotopic (exact) mass is 431 g/mol. The summed E-state index contributed by atoms with van der Waals surface area (Å²) in [7, 11) is 0. The highest BCUT2D eigenvalue weighted by Gasteiger charge is 2.32. The summed E-state index contributed by atoms with van der Waals surface area (Å²) in [5, 5.41) is 8.35. The Kier molecular flexibility index (Phi) is 5.79. The lowest BCUT2D eigenvalue weighted by molar-refractivity contribution is -0.275. The maximum atomic E-state index is 14.4. The van der Waals surface area contributed by atoms with Gasteiger partial charge in [0.2, 0.25) is 0 Å². The minimum Gasteiger partial charge on any atom is -0.403 e. The number of ether oxygens (including phenoxy) is 1. The first kappa shape index (κ1) is 20.7. The number of imidazole rings is 1. The number of rotatable bonds is 5. The minimum atomic E-state index is -4.97. The summed E-state index contributed by atoms with van der Waals surface area (Å²) in [6.45, 7) is 0.668. The Morgan fingerprint density at radius 1 is 1.10 bits per heavy atom. The van der Waals surface area contributed by atoms with Gasteiger partial charge in [0.05, 0.1) is 30.8 Å². The fourth-order valence-electron chi connectivity index (χ4n) is 3.13. The van der Waals surface area contributed by atoms with Crippen LogP contribution in [0.25, 0.3) is 17.1 Å². The predicted molar refractivity (Wildman–Crippen MR) is 105 cm³/mol. The van der Waals surface area contributed by atoms with Gasteiger partial charge in [-0.25, -0.2) is 9.37 Å². The van der Waals surface area contributed by atoms with Crippen LogP contribution in [0.5, 0.6) is 5.75 Å². The van der Waals surface area contributed by atoms with Gasteiger partial charge in [-0.2, -0.15) is 10.2 Å². The Morgan fingerprint density at radius 3 is 2.81 bits per heavy atom. The van der Waals surface area contributed by atoms with Crippen LogP contribution in [0.2, 0.25) is 0 Å². The smallest absolute Gasteiger partial charge is 0.403 e. The number of hydrogen-bond acceptors (Lipinski definition) is 5. The van der Waals surface area contributed by atoms with Gasteiger partial charge in [-0.3, -0.25) is 4.98 Å². The molecule has 1 aliphatic heterocycles. The Bertz CT molecular complexity index is 1140. The molecule has 3 aromatic rings. The number of azo groups is 1. The van der Waals surface area contributed by atoms with Crippen LogP contribution >= 0.6 is 0 Å². The molecular formula is C21H17F4N5O. The number of hydrogen-bond donors (Lipinski definition) is 0. The van der Waals surface area contributed by atoms with Crippen LogP contribution in [-0.2, 0) is 6.54 Å². The molecule has 1 aromatic carbocycles. The number of halogens is 4. The summed E-state index contributed by atoms with van der Waals surface area (Å²) in [4.78, 5) is 8.62. The summed E-state index contributed by atoms with van der Waals surface area (Å²) >= 11 is 0. The van der Waals surface area contributed by atoms with Crippen molar-refractivity contribution in [3.63, 3.8) is 0 Å². The van der Waals surface area contributed by atoms with Crippen LogP contribution in [0.15, 0.2) is 65.4 Å². The molecule has 1 aliphatic rings. The summed E-state index contributed by atoms with van der Waals surface area (Å²) < 4.78 is 57.0. The molecule has 0 unspecified atom stereocenters. The summed E-state index contributed by atoms with van der Waals surface area (Å²) in [5.74, 6) is -1.94. The fraction of sp³-hybridized carbons (Fsp3) is 0.238. The van der Waals surface area contributed by atoms with Crippen molar-refractivity contribution in [2.24, 2.45) is 10.2 Å². The van der Waals surface area contributed by atoms with E-state index in [2.05, 4.69) is 24.9 Å². The minimum absolute atomic E-state index is 0.0209. The van der Waals surface area contributed by atoms with Crippen molar-refractivity contribution >= 4 is 5.70 Å². The molecule has 6 nitrogen and oxygen atoms in total. The Labute approximate surface area is 174 Å². The van der Waals surface area contributed by atoms with Crippen molar-refractivity contribution in [2.75, 3.05) is 6.54 Å². The molecule has 0 fully saturated rings. The summed E-state index contributed by atoms with van der Waals surface area (Å²) in [6, 6.07) is 7.29. The second-order valence-electron chi connectivity index (χ2n) is 6.83. The highest BCUT2D eigenvalue weighted by molar-refractivity contribution is 5.68. The normalized spacial score (nSPS) is 14.3. The number of alkyl halides is 3. The van der Waals surface area contributed by atoms with Crippen molar-refractivity contribution in [2.45, 2.75) is 25.7 Å². The zero-order chi connectivity index (χ0) is 21.8. The van der Waals surface area contributed by atoms with Crippen molar-refractivity contribution < 1.29 is 22.3 Å². The van der Waals surface area contributed by atoms with Crippen LogP contribution in [0, 0.1) is 5.82 Å². The highest BCUT2D eigenvalue weighted by atomic mass is 19.4. The number of aromatic nitrogens is 3. The maximum Gasteiger partial charge on any atom is 0.573 e. The van der Waals surface area contributed by atoms with E-state index in [0.717, 1.165) is 30.2 Å². The van der Waals surface area contributed by atoms with Gasteiger partial charge in [-0.05, 0) is 31.0 Å². The van der Waals surface area contributed by atoms with Crippen LogP contribution in [-0.4, -0.2) is 27.4 Å². The second kappa shape index (κ2) is 8.66. The van der Waals surface area contributed by atoms with Gasteiger partial charge in [0, 0.05) is 23.5 Å². The molecule has 2 aromatic heterocycles. The molecule has 0 saturated carbocycles. The molecule has 31 heavy (non-hydrogen) atoms. The number of pyridine rings is 1. The molecule has 0 N–H and O–H groups in total. The van der Waals surface area contributed by atoms with Gasteiger partial charge in [0.25, 0.3) is 0 Å². The molecule has 0 amide bonds. The molecule has 0 saturated heterocycles. The average Bonchev–Trinajstić information content (AvgIpc) is 3.02. The molecule has 4 rings (SSSR count). The number of benzene rings is 1. The van der Waals surface area contributed by atoms with Gasteiger partial charge in [0.1, 0.15) is 5.69 Å². The first-order valence-corrected chi connectivity index (χ1v) is 9.48. The molecular weight excluding hydrogens is 414 g/mol. The molecule has 0 bridgehead atoms. The zero-order valence-electron chi connectivity index (χ0n) is 16.2. The van der Waals surface area contributed by atoms with Gasteiger partial charge < -0.3 is 9.30 Å². The first-order valence-electron chi connectivity index (χ1n) is 9.48. The van der Waals surface area contributed by atoms with Crippen LogP contribution in [0.1, 0.15) is 24.0 Å². The molecule has 0 atom stereocenters. The summed E-state index contributed by atoms with van der Waals surface area (Å²) in [6.07, 6.45) is 3.63. The fourth-order valence-corrected chi connectivity index (χ4v) is 3.13. The van der Waals surface area contributed by atoms with E-state index in [1.807, 2.05) is 18.2 Å². The number of allylic oxidation sites excluding steroid dienone is 1. The van der Waals surface area contributed by atoms with Crippen LogP contribution < -0.4 is 4.74 Å². The quantitative estimate of drug-likeness (QED) is 0.493. The van der Waals surface area contributed by atoms with E-state index in [1.165, 1.54) is 18.5 Å². The summed E-state index contributed by atoms with van der Waals surface area (Å²) in [5.41, 5.74) is 2.79. The van der Waals surface area contributed by atoms with Crippen molar-refractivity contribution in [3.05, 3.63) is 72.1 Å². The molecule has 0 radical (unpaired) electrons. The van der Waals surface area contributed by atoms with Gasteiger partial charge in [-0.1, -0.05) is 18.2 Å². The average molecular weight is 431 g/mol. The molecule has 160 valence electrons. The van der Waals surface area contributed by atoms with E-state index >= 15 is 0 Å². The van der Waals surface area contributed by atoms with E-state index in [1.54, 1.807) is 17.0 Å². The van der Waals surface area contributed by atoms with E-state index in [0.29, 0.717) is 17.9 Å². The highest BCUT2D eigenvalue weighted by Crippen LogP contribution is 2.28. The third-order valence-corrected chi connectivity index (χ3v) is 4.55. The van der Waals surface area contributed by atoms with Crippen LogP contribution in [0.3, 0.4) is 0 Å². The van der Waals surface area contributed by atoms with Gasteiger partial charge in [0.15, 0.2) is 11.6 Å². The van der Waals surface area contributed by atoms with Gasteiger partial charge in [-0.15, -0.1) is 13.2 Å². The van der Waals surface area contributed by atoms with E-state index in [-0.39, 0.29) is 12.1 Å². The largest absolute Gasteiger partial charge is 0.573 e. The van der Waals surface area contributed by atoms with Crippen molar-refractivity contribution in [1.29, 1.82) is 0 Å². The van der Waals surface area contributed by atoms with E-state index < -0.39 is 17.9 Å². The molecule has 3 heterocycles. The van der Waals surface area contributed by atoms with E-state index in [9.17, 15) is 17.6 Å². The second-order valence-corrected chi connectivity index (χ2v) is 6.83.